The fraction of sp³-hybridized carbons (Fsp3) is 0.909. The van der Waals surface area contributed by atoms with Crippen LogP contribution >= 0.6 is 7.82 Å². The summed E-state index contributed by atoms with van der Waals surface area (Å²) in [6.07, 6.45) is 17.7. The number of phosphoric ester groups is 1. The molecule has 2 N–H and O–H groups in total. The summed E-state index contributed by atoms with van der Waals surface area (Å²) in [5, 5.41) is 0. The Bertz CT molecular complexity index is 480. The first-order chi connectivity index (χ1) is 14.9. The minimum Gasteiger partial charge on any atom is -0.464 e. The van der Waals surface area contributed by atoms with Gasteiger partial charge in [0.15, 0.2) is 6.10 Å². The van der Waals surface area contributed by atoms with Gasteiger partial charge in [-0.2, -0.15) is 0 Å². The SMILES string of the molecule is CCCCCCCCCCCCCCCCCC(=O)O[C@@H](COC=O)COP(=O)(O)O. The quantitative estimate of drug-likeness (QED) is 0.0884. The minimum atomic E-state index is -4.68. The van der Waals surface area contributed by atoms with Gasteiger partial charge in [-0.1, -0.05) is 96.8 Å². The van der Waals surface area contributed by atoms with Gasteiger partial charge in [0.2, 0.25) is 0 Å². The molecule has 0 bridgehead atoms. The average molecular weight is 467 g/mol. The number of unbranched alkanes of at least 4 members (excludes halogenated alkanes) is 14. The average Bonchev–Trinajstić information content (AvgIpc) is 2.72. The highest BCUT2D eigenvalue weighted by Crippen LogP contribution is 2.35. The molecule has 0 amide bonds. The Morgan fingerprint density at radius 2 is 1.26 bits per heavy atom. The zero-order valence-electron chi connectivity index (χ0n) is 19.2. The van der Waals surface area contributed by atoms with Gasteiger partial charge < -0.3 is 19.3 Å². The van der Waals surface area contributed by atoms with Crippen LogP contribution in [0.3, 0.4) is 0 Å². The zero-order chi connectivity index (χ0) is 23.2. The molecule has 0 aromatic carbocycles. The van der Waals surface area contributed by atoms with Crippen LogP contribution in [0.1, 0.15) is 110 Å². The maximum Gasteiger partial charge on any atom is 0.469 e. The van der Waals surface area contributed by atoms with E-state index in [0.29, 0.717) is 6.42 Å². The van der Waals surface area contributed by atoms with Crippen LogP contribution in [0.15, 0.2) is 0 Å². The first-order valence-electron chi connectivity index (χ1n) is 11.8. The number of hydrogen-bond donors (Lipinski definition) is 2. The molecule has 0 saturated heterocycles. The standard InChI is InChI=1S/C22H43O8P/c1-2-3-4-5-6-7-8-9-10-11-12-13-14-15-16-17-22(24)30-21(18-28-20-23)19-29-31(25,26)27/h20-21H,2-19H2,1H3,(H2,25,26,27)/t21-/m0/s1. The van der Waals surface area contributed by atoms with Gasteiger partial charge in [-0.3, -0.25) is 14.1 Å². The highest BCUT2D eigenvalue weighted by molar-refractivity contribution is 7.46. The topological polar surface area (TPSA) is 119 Å². The van der Waals surface area contributed by atoms with E-state index in [9.17, 15) is 14.2 Å². The molecular formula is C22H43O8P. The number of rotatable bonds is 23. The zero-order valence-corrected chi connectivity index (χ0v) is 20.1. The molecule has 0 aliphatic rings. The lowest BCUT2D eigenvalue weighted by Gasteiger charge is -2.17. The van der Waals surface area contributed by atoms with Crippen molar-refractivity contribution in [3.63, 3.8) is 0 Å². The van der Waals surface area contributed by atoms with Crippen LogP contribution in [0.25, 0.3) is 0 Å². The van der Waals surface area contributed by atoms with Crippen molar-refractivity contribution in [1.82, 2.24) is 0 Å². The van der Waals surface area contributed by atoms with E-state index < -0.39 is 26.5 Å². The third kappa shape index (κ3) is 23.5. The second-order valence-corrected chi connectivity index (χ2v) is 9.27. The lowest BCUT2D eigenvalue weighted by molar-refractivity contribution is -0.156. The highest BCUT2D eigenvalue weighted by atomic mass is 31.2. The second kappa shape index (κ2) is 20.9. The van der Waals surface area contributed by atoms with Crippen LogP contribution in [0.2, 0.25) is 0 Å². The molecule has 0 saturated carbocycles. The Balaban J connectivity index is 3.58. The van der Waals surface area contributed by atoms with Gasteiger partial charge >= 0.3 is 13.8 Å². The molecule has 0 spiro atoms. The monoisotopic (exact) mass is 466 g/mol. The van der Waals surface area contributed by atoms with E-state index >= 15 is 0 Å². The first-order valence-corrected chi connectivity index (χ1v) is 13.4. The molecule has 9 heteroatoms. The van der Waals surface area contributed by atoms with E-state index in [0.717, 1.165) is 19.3 Å². The molecular weight excluding hydrogens is 423 g/mol. The van der Waals surface area contributed by atoms with Crippen molar-refractivity contribution in [3.8, 4) is 0 Å². The molecule has 0 rings (SSSR count). The fourth-order valence-electron chi connectivity index (χ4n) is 3.33. The summed E-state index contributed by atoms with van der Waals surface area (Å²) in [6, 6.07) is 0. The molecule has 0 radical (unpaired) electrons. The van der Waals surface area contributed by atoms with Gasteiger partial charge in [0.25, 0.3) is 6.47 Å². The van der Waals surface area contributed by atoms with Crippen molar-refractivity contribution >= 4 is 20.3 Å². The molecule has 184 valence electrons. The van der Waals surface area contributed by atoms with Gasteiger partial charge in [0.1, 0.15) is 6.61 Å². The van der Waals surface area contributed by atoms with Crippen LogP contribution in [-0.4, -0.2) is 41.5 Å². The van der Waals surface area contributed by atoms with Gasteiger partial charge in [0.05, 0.1) is 6.61 Å². The number of hydrogen-bond acceptors (Lipinski definition) is 6. The van der Waals surface area contributed by atoms with Crippen LogP contribution in [0.5, 0.6) is 0 Å². The number of esters is 1. The predicted molar refractivity (Wildman–Crippen MR) is 119 cm³/mol. The van der Waals surface area contributed by atoms with Crippen molar-refractivity contribution in [1.29, 1.82) is 0 Å². The van der Waals surface area contributed by atoms with E-state index in [1.165, 1.54) is 70.6 Å². The number of phosphoric acid groups is 1. The van der Waals surface area contributed by atoms with Crippen molar-refractivity contribution < 1.29 is 37.9 Å². The van der Waals surface area contributed by atoms with E-state index in [1.54, 1.807) is 0 Å². The van der Waals surface area contributed by atoms with Crippen LogP contribution in [0.4, 0.5) is 0 Å². The van der Waals surface area contributed by atoms with Crippen molar-refractivity contribution in [2.75, 3.05) is 13.2 Å². The number of carbonyl (C=O) groups is 2. The molecule has 31 heavy (non-hydrogen) atoms. The fourth-order valence-corrected chi connectivity index (χ4v) is 3.69. The van der Waals surface area contributed by atoms with Gasteiger partial charge in [0, 0.05) is 6.42 Å². The van der Waals surface area contributed by atoms with E-state index in [1.807, 2.05) is 0 Å². The normalized spacial score (nSPS) is 12.5. The smallest absolute Gasteiger partial charge is 0.464 e. The van der Waals surface area contributed by atoms with Crippen molar-refractivity contribution in [2.45, 2.75) is 116 Å². The summed E-state index contributed by atoms with van der Waals surface area (Å²) in [5.41, 5.74) is 0. The molecule has 1 atom stereocenters. The third-order valence-corrected chi connectivity index (χ3v) is 5.55. The number of ether oxygens (including phenoxy) is 2. The maximum atomic E-state index is 11.9. The molecule has 0 aromatic rings. The summed E-state index contributed by atoms with van der Waals surface area (Å²) in [6.45, 7) is 1.57. The lowest BCUT2D eigenvalue weighted by atomic mass is 10.0. The van der Waals surface area contributed by atoms with E-state index in [-0.39, 0.29) is 19.5 Å². The Kier molecular flexibility index (Phi) is 20.3. The van der Waals surface area contributed by atoms with E-state index in [2.05, 4.69) is 16.2 Å². The van der Waals surface area contributed by atoms with Gasteiger partial charge in [-0.25, -0.2) is 4.57 Å². The largest absolute Gasteiger partial charge is 0.469 e. The Morgan fingerprint density at radius 1 is 0.806 bits per heavy atom. The summed E-state index contributed by atoms with van der Waals surface area (Å²) < 4.78 is 24.6. The van der Waals surface area contributed by atoms with Crippen molar-refractivity contribution in [2.24, 2.45) is 0 Å². The van der Waals surface area contributed by atoms with Gasteiger partial charge in [-0.05, 0) is 6.42 Å². The third-order valence-electron chi connectivity index (χ3n) is 5.06. The Labute approximate surface area is 187 Å². The van der Waals surface area contributed by atoms with Crippen LogP contribution in [-0.2, 0) is 28.2 Å². The Hall–Kier alpha value is -0.950. The molecule has 8 nitrogen and oxygen atoms in total. The van der Waals surface area contributed by atoms with Gasteiger partial charge in [-0.15, -0.1) is 0 Å². The lowest BCUT2D eigenvalue weighted by Crippen LogP contribution is -2.28. The highest BCUT2D eigenvalue weighted by Gasteiger charge is 2.21. The molecule has 0 fully saturated rings. The van der Waals surface area contributed by atoms with E-state index in [4.69, 9.17) is 14.5 Å². The molecule has 0 heterocycles. The molecule has 0 aliphatic heterocycles. The van der Waals surface area contributed by atoms with Crippen LogP contribution < -0.4 is 0 Å². The minimum absolute atomic E-state index is 0.174. The summed E-state index contributed by atoms with van der Waals surface area (Å²) in [7, 11) is -4.68. The predicted octanol–water partition coefficient (Wildman–Crippen LogP) is 5.44. The van der Waals surface area contributed by atoms with Crippen LogP contribution in [0, 0.1) is 0 Å². The molecule has 0 unspecified atom stereocenters. The summed E-state index contributed by atoms with van der Waals surface area (Å²) in [5.74, 6) is -0.497. The second-order valence-electron chi connectivity index (χ2n) is 8.03. The Morgan fingerprint density at radius 3 is 1.68 bits per heavy atom. The molecule has 0 aromatic heterocycles. The first kappa shape index (κ1) is 30.0. The maximum absolute atomic E-state index is 11.9. The molecule has 0 aliphatic carbocycles. The number of carbonyl (C=O) groups excluding carboxylic acids is 2. The summed E-state index contributed by atoms with van der Waals surface area (Å²) in [4.78, 5) is 39.6. The summed E-state index contributed by atoms with van der Waals surface area (Å²) >= 11 is 0. The van der Waals surface area contributed by atoms with Crippen molar-refractivity contribution in [3.05, 3.63) is 0 Å².